The molecule has 0 N–H and O–H groups in total. The van der Waals surface area contributed by atoms with E-state index in [1.54, 1.807) is 0 Å². The van der Waals surface area contributed by atoms with Crippen molar-refractivity contribution in [3.05, 3.63) is 139 Å². The summed E-state index contributed by atoms with van der Waals surface area (Å²) in [6.07, 6.45) is 0. The highest BCUT2D eigenvalue weighted by Crippen LogP contribution is 2.49. The highest BCUT2D eigenvalue weighted by atomic mass is 14.7. The van der Waals surface area contributed by atoms with Crippen LogP contribution >= 0.6 is 0 Å². The van der Waals surface area contributed by atoms with Crippen molar-refractivity contribution >= 4 is 10.9 Å². The van der Waals surface area contributed by atoms with E-state index >= 15 is 0 Å². The minimum Gasteiger partial charge on any atom is -0.248 e. The van der Waals surface area contributed by atoms with Crippen LogP contribution in [-0.2, 0) is 5.41 Å². The molecule has 1 nitrogen and oxygen atoms in total. The summed E-state index contributed by atoms with van der Waals surface area (Å²) in [5, 5.41) is 1.17. The van der Waals surface area contributed by atoms with Gasteiger partial charge in [0.2, 0.25) is 0 Å². The van der Waals surface area contributed by atoms with Crippen LogP contribution in [0.1, 0.15) is 25.0 Å². The molecule has 0 fully saturated rings. The lowest BCUT2D eigenvalue weighted by atomic mass is 9.82. The zero-order valence-corrected chi connectivity index (χ0v) is 21.1. The average molecular weight is 474 g/mol. The summed E-state index contributed by atoms with van der Waals surface area (Å²) < 4.78 is 0. The smallest absolute Gasteiger partial charge is 0.0716 e. The quantitative estimate of drug-likeness (QED) is 0.249. The van der Waals surface area contributed by atoms with Gasteiger partial charge in [-0.25, -0.2) is 4.98 Å². The second kappa shape index (κ2) is 8.28. The first-order valence-electron chi connectivity index (χ1n) is 12.9. The van der Waals surface area contributed by atoms with Crippen LogP contribution in [0, 0.1) is 0 Å². The monoisotopic (exact) mass is 473 g/mol. The van der Waals surface area contributed by atoms with Crippen molar-refractivity contribution in [1.29, 1.82) is 0 Å². The molecule has 6 aromatic rings. The maximum Gasteiger partial charge on any atom is 0.0716 e. The van der Waals surface area contributed by atoms with Crippen molar-refractivity contribution in [3.63, 3.8) is 0 Å². The van der Waals surface area contributed by atoms with Crippen molar-refractivity contribution in [2.24, 2.45) is 0 Å². The minimum absolute atomic E-state index is 0.0361. The van der Waals surface area contributed by atoms with Crippen LogP contribution < -0.4 is 0 Å². The Balaban J connectivity index is 1.43. The summed E-state index contributed by atoms with van der Waals surface area (Å²) in [5.74, 6) is 0. The lowest BCUT2D eigenvalue weighted by Crippen LogP contribution is -2.14. The van der Waals surface area contributed by atoms with Gasteiger partial charge in [0.25, 0.3) is 0 Å². The number of pyridine rings is 1. The Bertz CT molecular complexity index is 1780. The molecule has 1 aliphatic rings. The molecule has 0 aliphatic heterocycles. The van der Waals surface area contributed by atoms with Crippen LogP contribution in [0.4, 0.5) is 0 Å². The van der Waals surface area contributed by atoms with Crippen molar-refractivity contribution in [2.75, 3.05) is 0 Å². The fourth-order valence-electron chi connectivity index (χ4n) is 5.90. The van der Waals surface area contributed by atoms with Gasteiger partial charge in [-0.3, -0.25) is 0 Å². The molecule has 7 rings (SSSR count). The van der Waals surface area contributed by atoms with Gasteiger partial charge in [-0.05, 0) is 68.8 Å². The SMILES string of the molecule is CC1(C)c2ccccc2-c2ccc(-c3cc(-c4ccccc4)c4cc(-c5ccccc5)ccc4n3)cc21. The van der Waals surface area contributed by atoms with Gasteiger partial charge in [-0.2, -0.15) is 0 Å². The number of rotatable bonds is 3. The summed E-state index contributed by atoms with van der Waals surface area (Å²) in [7, 11) is 0. The Morgan fingerprint density at radius 1 is 0.459 bits per heavy atom. The molecule has 0 radical (unpaired) electrons. The summed E-state index contributed by atoms with van der Waals surface area (Å²) in [6.45, 7) is 4.66. The number of hydrogen-bond acceptors (Lipinski definition) is 1. The molecule has 0 bridgehead atoms. The van der Waals surface area contributed by atoms with Gasteiger partial charge in [0.15, 0.2) is 0 Å². The Morgan fingerprint density at radius 2 is 1.11 bits per heavy atom. The molecule has 0 amide bonds. The molecular formula is C36H27N. The lowest BCUT2D eigenvalue weighted by Gasteiger charge is -2.22. The third-order valence-electron chi connectivity index (χ3n) is 7.88. The van der Waals surface area contributed by atoms with Crippen LogP contribution in [0.5, 0.6) is 0 Å². The summed E-state index contributed by atoms with van der Waals surface area (Å²) in [5.41, 5.74) is 13.4. The topological polar surface area (TPSA) is 12.9 Å². The minimum atomic E-state index is -0.0361. The molecule has 1 heterocycles. The Morgan fingerprint density at radius 3 is 1.89 bits per heavy atom. The van der Waals surface area contributed by atoms with Crippen molar-refractivity contribution in [3.8, 4) is 44.6 Å². The third-order valence-corrected chi connectivity index (χ3v) is 7.88. The first-order valence-corrected chi connectivity index (χ1v) is 12.9. The number of aromatic nitrogens is 1. The number of hydrogen-bond donors (Lipinski definition) is 0. The zero-order chi connectivity index (χ0) is 25.0. The van der Waals surface area contributed by atoms with Crippen molar-refractivity contribution in [1.82, 2.24) is 4.98 Å². The molecule has 176 valence electrons. The highest BCUT2D eigenvalue weighted by molar-refractivity contribution is 5.99. The average Bonchev–Trinajstić information content (AvgIpc) is 3.19. The Kier molecular flexibility index (Phi) is 4.87. The second-order valence-corrected chi connectivity index (χ2v) is 10.4. The number of nitrogens with zero attached hydrogens (tertiary/aromatic N) is 1. The maximum absolute atomic E-state index is 5.19. The zero-order valence-electron chi connectivity index (χ0n) is 21.1. The molecule has 37 heavy (non-hydrogen) atoms. The lowest BCUT2D eigenvalue weighted by molar-refractivity contribution is 0.660. The van der Waals surface area contributed by atoms with Gasteiger partial charge in [-0.1, -0.05) is 117 Å². The summed E-state index contributed by atoms with van der Waals surface area (Å²) >= 11 is 0. The van der Waals surface area contributed by atoms with E-state index in [1.807, 2.05) is 0 Å². The molecule has 0 saturated heterocycles. The van der Waals surface area contributed by atoms with Gasteiger partial charge < -0.3 is 0 Å². The molecule has 0 unspecified atom stereocenters. The van der Waals surface area contributed by atoms with E-state index in [0.29, 0.717) is 0 Å². The van der Waals surface area contributed by atoms with E-state index in [0.717, 1.165) is 16.8 Å². The fraction of sp³-hybridized carbons (Fsp3) is 0.0833. The third kappa shape index (κ3) is 3.50. The van der Waals surface area contributed by atoms with E-state index in [4.69, 9.17) is 4.98 Å². The van der Waals surface area contributed by atoms with Crippen LogP contribution in [0.2, 0.25) is 0 Å². The first-order chi connectivity index (χ1) is 18.1. The van der Waals surface area contributed by atoms with E-state index in [2.05, 4.69) is 141 Å². The van der Waals surface area contributed by atoms with Crippen molar-refractivity contribution < 1.29 is 0 Å². The predicted octanol–water partition coefficient (Wildman–Crippen LogP) is 9.54. The van der Waals surface area contributed by atoms with Crippen LogP contribution in [0.3, 0.4) is 0 Å². The van der Waals surface area contributed by atoms with E-state index in [9.17, 15) is 0 Å². The normalized spacial score (nSPS) is 13.4. The summed E-state index contributed by atoms with van der Waals surface area (Å²) in [6, 6.07) is 45.8. The van der Waals surface area contributed by atoms with Gasteiger partial charge in [0.05, 0.1) is 11.2 Å². The molecule has 1 heteroatoms. The predicted molar refractivity (Wildman–Crippen MR) is 156 cm³/mol. The van der Waals surface area contributed by atoms with Crippen LogP contribution in [0.25, 0.3) is 55.5 Å². The van der Waals surface area contributed by atoms with Crippen LogP contribution in [0.15, 0.2) is 127 Å². The Hall–Kier alpha value is -4.49. The van der Waals surface area contributed by atoms with Gasteiger partial charge >= 0.3 is 0 Å². The molecule has 1 aliphatic carbocycles. The largest absolute Gasteiger partial charge is 0.248 e. The van der Waals surface area contributed by atoms with E-state index in [1.165, 1.54) is 49.9 Å². The maximum atomic E-state index is 5.19. The van der Waals surface area contributed by atoms with Gasteiger partial charge in [-0.15, -0.1) is 0 Å². The van der Waals surface area contributed by atoms with E-state index in [-0.39, 0.29) is 5.41 Å². The number of fused-ring (bicyclic) bond motifs is 4. The molecule has 0 spiro atoms. The van der Waals surface area contributed by atoms with Gasteiger partial charge in [0, 0.05) is 16.4 Å². The second-order valence-electron chi connectivity index (χ2n) is 10.4. The van der Waals surface area contributed by atoms with Crippen molar-refractivity contribution in [2.45, 2.75) is 19.3 Å². The van der Waals surface area contributed by atoms with E-state index < -0.39 is 0 Å². The molecule has 0 saturated carbocycles. The molecule has 5 aromatic carbocycles. The van der Waals surface area contributed by atoms with Gasteiger partial charge in [0.1, 0.15) is 0 Å². The standard InChI is InChI=1S/C36H27N/c1-36(2)32-16-10-9-15-28(32)29-19-17-27(22-33(29)36)35-23-30(25-13-7-4-8-14-25)31-21-26(18-20-34(31)37-35)24-11-5-3-6-12-24/h3-23H,1-2H3. The Labute approximate surface area is 218 Å². The fourth-order valence-corrected chi connectivity index (χ4v) is 5.90. The molecule has 1 aromatic heterocycles. The molecular weight excluding hydrogens is 446 g/mol. The molecule has 0 atom stereocenters. The summed E-state index contributed by atoms with van der Waals surface area (Å²) in [4.78, 5) is 5.19. The van der Waals surface area contributed by atoms with Crippen LogP contribution in [-0.4, -0.2) is 4.98 Å². The number of benzene rings is 5. The highest BCUT2D eigenvalue weighted by Gasteiger charge is 2.35. The first kappa shape index (κ1) is 21.8.